The molecule has 7 nitrogen and oxygen atoms in total. The Labute approximate surface area is 113 Å². The number of rotatable bonds is 5. The van der Waals surface area contributed by atoms with Crippen molar-refractivity contribution in [2.75, 3.05) is 43.6 Å². The second-order valence-corrected chi connectivity index (χ2v) is 4.56. The van der Waals surface area contributed by atoms with Gasteiger partial charge in [0.15, 0.2) is 0 Å². The summed E-state index contributed by atoms with van der Waals surface area (Å²) in [5, 5.41) is 12.2. The number of aliphatic hydroxyl groups is 1. The maximum absolute atomic E-state index is 9.28. The van der Waals surface area contributed by atoms with E-state index in [-0.39, 0.29) is 6.61 Å². The SMILES string of the molecule is CCOc1nc(NC)nc(N2CCCC(CO)C2)n1. The van der Waals surface area contributed by atoms with Gasteiger partial charge in [0.1, 0.15) is 0 Å². The molecule has 0 aliphatic carbocycles. The van der Waals surface area contributed by atoms with Crippen LogP contribution in [0, 0.1) is 5.92 Å². The van der Waals surface area contributed by atoms with E-state index in [4.69, 9.17) is 4.74 Å². The highest BCUT2D eigenvalue weighted by Crippen LogP contribution is 2.22. The molecule has 1 aliphatic rings. The van der Waals surface area contributed by atoms with Gasteiger partial charge >= 0.3 is 6.01 Å². The Hall–Kier alpha value is -1.63. The van der Waals surface area contributed by atoms with Crippen molar-refractivity contribution >= 4 is 11.9 Å². The lowest BCUT2D eigenvalue weighted by Crippen LogP contribution is -2.38. The van der Waals surface area contributed by atoms with Gasteiger partial charge in [-0.05, 0) is 25.7 Å². The molecule has 1 saturated heterocycles. The molecular weight excluding hydrogens is 246 g/mol. The minimum atomic E-state index is 0.207. The lowest BCUT2D eigenvalue weighted by molar-refractivity contribution is 0.208. The Morgan fingerprint density at radius 2 is 2.26 bits per heavy atom. The zero-order valence-electron chi connectivity index (χ0n) is 11.5. The van der Waals surface area contributed by atoms with Crippen LogP contribution in [-0.4, -0.2) is 53.4 Å². The van der Waals surface area contributed by atoms with Crippen LogP contribution in [0.15, 0.2) is 0 Å². The molecule has 1 unspecified atom stereocenters. The van der Waals surface area contributed by atoms with Crippen molar-refractivity contribution in [3.05, 3.63) is 0 Å². The molecule has 106 valence electrons. The van der Waals surface area contributed by atoms with Crippen molar-refractivity contribution in [1.29, 1.82) is 0 Å². The fourth-order valence-electron chi connectivity index (χ4n) is 2.19. The van der Waals surface area contributed by atoms with Crippen LogP contribution >= 0.6 is 0 Å². The third-order valence-corrected chi connectivity index (χ3v) is 3.16. The van der Waals surface area contributed by atoms with Gasteiger partial charge < -0.3 is 20.1 Å². The average Bonchev–Trinajstić information content (AvgIpc) is 2.47. The number of hydrogen-bond acceptors (Lipinski definition) is 7. The molecule has 7 heteroatoms. The first-order chi connectivity index (χ1) is 9.26. The van der Waals surface area contributed by atoms with Crippen molar-refractivity contribution in [2.24, 2.45) is 5.92 Å². The standard InChI is InChI=1S/C12H21N5O2/c1-3-19-12-15-10(13-2)14-11(16-12)17-6-4-5-9(7-17)8-18/h9,18H,3-8H2,1-2H3,(H,13,14,15,16). The van der Waals surface area contributed by atoms with E-state index in [0.29, 0.717) is 30.4 Å². The number of nitrogens with zero attached hydrogens (tertiary/aromatic N) is 4. The zero-order chi connectivity index (χ0) is 13.7. The summed E-state index contributed by atoms with van der Waals surface area (Å²) in [6, 6.07) is 0.336. The smallest absolute Gasteiger partial charge is 0.323 e. The van der Waals surface area contributed by atoms with Crippen LogP contribution < -0.4 is 15.0 Å². The normalized spacial score (nSPS) is 19.3. The summed E-state index contributed by atoms with van der Waals surface area (Å²) in [6.07, 6.45) is 2.09. The molecule has 0 aromatic carbocycles. The highest BCUT2D eigenvalue weighted by Gasteiger charge is 2.22. The first-order valence-electron chi connectivity index (χ1n) is 6.69. The van der Waals surface area contributed by atoms with Crippen LogP contribution in [0.2, 0.25) is 0 Å². The second kappa shape index (κ2) is 6.51. The lowest BCUT2D eigenvalue weighted by Gasteiger charge is -2.31. The molecule has 2 heterocycles. The Bertz CT molecular complexity index is 415. The summed E-state index contributed by atoms with van der Waals surface area (Å²) in [4.78, 5) is 14.9. The van der Waals surface area contributed by atoms with E-state index >= 15 is 0 Å². The number of aromatic nitrogens is 3. The highest BCUT2D eigenvalue weighted by atomic mass is 16.5. The predicted octanol–water partition coefficient (Wildman–Crippen LogP) is 0.521. The van der Waals surface area contributed by atoms with Crippen molar-refractivity contribution in [3.8, 4) is 6.01 Å². The van der Waals surface area contributed by atoms with Crippen molar-refractivity contribution in [2.45, 2.75) is 19.8 Å². The highest BCUT2D eigenvalue weighted by molar-refractivity contribution is 5.38. The van der Waals surface area contributed by atoms with E-state index in [9.17, 15) is 5.11 Å². The Balaban J connectivity index is 2.19. The molecule has 1 aromatic rings. The van der Waals surface area contributed by atoms with Crippen LogP contribution in [0.5, 0.6) is 6.01 Å². The molecule has 1 fully saturated rings. The minimum absolute atomic E-state index is 0.207. The van der Waals surface area contributed by atoms with Crippen LogP contribution in [-0.2, 0) is 0 Å². The van der Waals surface area contributed by atoms with E-state index < -0.39 is 0 Å². The zero-order valence-corrected chi connectivity index (χ0v) is 11.5. The molecule has 1 aromatic heterocycles. The fraction of sp³-hybridized carbons (Fsp3) is 0.750. The molecule has 19 heavy (non-hydrogen) atoms. The Kier molecular flexibility index (Phi) is 4.73. The second-order valence-electron chi connectivity index (χ2n) is 4.56. The third-order valence-electron chi connectivity index (χ3n) is 3.16. The number of anilines is 2. The topological polar surface area (TPSA) is 83.4 Å². The minimum Gasteiger partial charge on any atom is -0.464 e. The van der Waals surface area contributed by atoms with Gasteiger partial charge in [-0.15, -0.1) is 0 Å². The van der Waals surface area contributed by atoms with E-state index in [1.165, 1.54) is 0 Å². The predicted molar refractivity (Wildman–Crippen MR) is 72.6 cm³/mol. The van der Waals surface area contributed by atoms with Crippen molar-refractivity contribution in [1.82, 2.24) is 15.0 Å². The van der Waals surface area contributed by atoms with Gasteiger partial charge in [0.25, 0.3) is 0 Å². The number of nitrogens with one attached hydrogen (secondary N) is 1. The van der Waals surface area contributed by atoms with Crippen LogP contribution in [0.1, 0.15) is 19.8 Å². The monoisotopic (exact) mass is 267 g/mol. The van der Waals surface area contributed by atoms with Crippen LogP contribution in [0.25, 0.3) is 0 Å². The average molecular weight is 267 g/mol. The maximum atomic E-state index is 9.28. The third kappa shape index (κ3) is 3.44. The van der Waals surface area contributed by atoms with Crippen molar-refractivity contribution < 1.29 is 9.84 Å². The van der Waals surface area contributed by atoms with Gasteiger partial charge in [-0.25, -0.2) is 0 Å². The maximum Gasteiger partial charge on any atom is 0.323 e. The van der Waals surface area contributed by atoms with E-state index in [0.717, 1.165) is 25.9 Å². The number of hydrogen-bond donors (Lipinski definition) is 2. The molecule has 0 amide bonds. The molecule has 1 atom stereocenters. The van der Waals surface area contributed by atoms with Gasteiger partial charge in [0.05, 0.1) is 6.61 Å². The first-order valence-corrected chi connectivity index (χ1v) is 6.69. The Morgan fingerprint density at radius 1 is 1.42 bits per heavy atom. The number of piperidine rings is 1. The van der Waals surface area contributed by atoms with Gasteiger partial charge in [-0.2, -0.15) is 15.0 Å². The molecule has 0 radical (unpaired) electrons. The summed E-state index contributed by atoms with van der Waals surface area (Å²) in [5.41, 5.74) is 0. The molecule has 0 bridgehead atoms. The molecule has 1 aliphatic heterocycles. The van der Waals surface area contributed by atoms with Gasteiger partial charge in [-0.1, -0.05) is 0 Å². The summed E-state index contributed by atoms with van der Waals surface area (Å²) in [7, 11) is 1.77. The largest absolute Gasteiger partial charge is 0.464 e. The van der Waals surface area contributed by atoms with Crippen LogP contribution in [0.4, 0.5) is 11.9 Å². The summed E-state index contributed by atoms with van der Waals surface area (Å²) in [6.45, 7) is 4.29. The summed E-state index contributed by atoms with van der Waals surface area (Å²) < 4.78 is 5.35. The Morgan fingerprint density at radius 3 is 2.95 bits per heavy atom. The molecule has 0 spiro atoms. The lowest BCUT2D eigenvalue weighted by atomic mass is 9.99. The van der Waals surface area contributed by atoms with Gasteiger partial charge in [-0.3, -0.25) is 0 Å². The van der Waals surface area contributed by atoms with E-state index in [1.54, 1.807) is 7.05 Å². The quantitative estimate of drug-likeness (QED) is 0.804. The fourth-order valence-corrected chi connectivity index (χ4v) is 2.19. The van der Waals surface area contributed by atoms with Crippen LogP contribution in [0.3, 0.4) is 0 Å². The molecule has 2 N–H and O–H groups in total. The first kappa shape index (κ1) is 13.8. The summed E-state index contributed by atoms with van der Waals surface area (Å²) in [5.74, 6) is 1.40. The molecule has 0 saturated carbocycles. The molecule has 2 rings (SSSR count). The number of ether oxygens (including phenoxy) is 1. The van der Waals surface area contributed by atoms with Gasteiger partial charge in [0, 0.05) is 26.7 Å². The van der Waals surface area contributed by atoms with E-state index in [1.807, 2.05) is 6.92 Å². The summed E-state index contributed by atoms with van der Waals surface area (Å²) >= 11 is 0. The van der Waals surface area contributed by atoms with Gasteiger partial charge in [0.2, 0.25) is 11.9 Å². The number of aliphatic hydroxyl groups excluding tert-OH is 1. The van der Waals surface area contributed by atoms with E-state index in [2.05, 4.69) is 25.2 Å². The van der Waals surface area contributed by atoms with Crippen molar-refractivity contribution in [3.63, 3.8) is 0 Å². The molecular formula is C12H21N5O2.